The van der Waals surface area contributed by atoms with Gasteiger partial charge in [0, 0.05) is 28.5 Å². The molecule has 0 aliphatic carbocycles. The van der Waals surface area contributed by atoms with Crippen molar-refractivity contribution in [1.29, 1.82) is 5.26 Å². The van der Waals surface area contributed by atoms with Gasteiger partial charge in [-0.2, -0.15) is 5.26 Å². The minimum absolute atomic E-state index is 0.0425. The SMILES string of the molecule is N#Cc1cnc2c(N[C@@H](c3ccccc3)c3cn(Cc4ccccn4)nn3)cc(Cl)cc2c1Nc1ccc(F)c(Cl)c1. The highest BCUT2D eigenvalue weighted by molar-refractivity contribution is 6.32. The molecule has 0 bridgehead atoms. The predicted octanol–water partition coefficient (Wildman–Crippen LogP) is 7.53. The molecule has 3 heterocycles. The Morgan fingerprint density at radius 3 is 2.57 bits per heavy atom. The van der Waals surface area contributed by atoms with Crippen molar-refractivity contribution in [2.24, 2.45) is 0 Å². The van der Waals surface area contributed by atoms with E-state index < -0.39 is 11.9 Å². The van der Waals surface area contributed by atoms with Crippen LogP contribution in [0.1, 0.15) is 28.6 Å². The summed E-state index contributed by atoms with van der Waals surface area (Å²) in [6.07, 6.45) is 5.10. The third kappa shape index (κ3) is 5.72. The molecule has 6 aromatic rings. The second-order valence-electron chi connectivity index (χ2n) is 9.41. The van der Waals surface area contributed by atoms with E-state index in [2.05, 4.69) is 37.0 Å². The van der Waals surface area contributed by atoms with E-state index in [-0.39, 0.29) is 10.6 Å². The van der Waals surface area contributed by atoms with E-state index in [9.17, 15) is 9.65 Å². The van der Waals surface area contributed by atoms with E-state index in [0.29, 0.717) is 45.2 Å². The molecule has 0 aliphatic heterocycles. The molecule has 0 radical (unpaired) electrons. The lowest BCUT2D eigenvalue weighted by atomic mass is 10.0. The van der Waals surface area contributed by atoms with Crippen LogP contribution in [0.5, 0.6) is 0 Å². The fraction of sp³-hybridized carbons (Fsp3) is 0.0645. The first kappa shape index (κ1) is 27.1. The number of benzene rings is 3. The summed E-state index contributed by atoms with van der Waals surface area (Å²) < 4.78 is 15.5. The van der Waals surface area contributed by atoms with Crippen molar-refractivity contribution in [3.05, 3.63) is 136 Å². The van der Waals surface area contributed by atoms with E-state index in [0.717, 1.165) is 11.3 Å². The molecule has 3 aromatic carbocycles. The lowest BCUT2D eigenvalue weighted by molar-refractivity contribution is 0.628. The molecule has 0 saturated heterocycles. The Bertz CT molecular complexity index is 1920. The first-order chi connectivity index (χ1) is 20.5. The van der Waals surface area contributed by atoms with Crippen molar-refractivity contribution < 1.29 is 4.39 Å². The Labute approximate surface area is 250 Å². The molecule has 0 aliphatic rings. The van der Waals surface area contributed by atoms with Crippen LogP contribution in [0.15, 0.2) is 97.5 Å². The highest BCUT2D eigenvalue weighted by Crippen LogP contribution is 2.37. The largest absolute Gasteiger partial charge is 0.371 e. The van der Waals surface area contributed by atoms with Crippen molar-refractivity contribution in [1.82, 2.24) is 25.0 Å². The second-order valence-corrected chi connectivity index (χ2v) is 10.3. The number of rotatable bonds is 8. The van der Waals surface area contributed by atoms with Crippen molar-refractivity contribution in [3.63, 3.8) is 0 Å². The van der Waals surface area contributed by atoms with E-state index in [1.165, 1.54) is 24.4 Å². The predicted molar refractivity (Wildman–Crippen MR) is 161 cm³/mol. The van der Waals surface area contributed by atoms with Gasteiger partial charge in [-0.15, -0.1) is 5.10 Å². The molecule has 6 rings (SSSR count). The maximum atomic E-state index is 13.8. The number of pyridine rings is 2. The minimum atomic E-state index is -0.541. The van der Waals surface area contributed by atoms with Crippen LogP contribution < -0.4 is 10.6 Å². The van der Waals surface area contributed by atoms with Gasteiger partial charge in [0.05, 0.1) is 52.0 Å². The first-order valence-electron chi connectivity index (χ1n) is 12.8. The quantitative estimate of drug-likeness (QED) is 0.187. The number of nitrogens with zero attached hydrogens (tertiary/aromatic N) is 6. The number of halogens is 3. The highest BCUT2D eigenvalue weighted by atomic mass is 35.5. The van der Waals surface area contributed by atoms with Gasteiger partial charge < -0.3 is 10.6 Å². The number of nitriles is 1. The van der Waals surface area contributed by atoms with Crippen molar-refractivity contribution in [2.45, 2.75) is 12.6 Å². The zero-order valence-corrected chi connectivity index (χ0v) is 23.4. The third-order valence-corrected chi connectivity index (χ3v) is 7.09. The van der Waals surface area contributed by atoms with E-state index in [4.69, 9.17) is 23.2 Å². The Kier molecular flexibility index (Phi) is 7.64. The summed E-state index contributed by atoms with van der Waals surface area (Å²) in [5.41, 5.74) is 4.93. The molecule has 0 unspecified atom stereocenters. The zero-order valence-electron chi connectivity index (χ0n) is 21.8. The molecule has 1 atom stereocenters. The van der Waals surface area contributed by atoms with Crippen LogP contribution in [0.3, 0.4) is 0 Å². The number of hydrogen-bond donors (Lipinski definition) is 2. The van der Waals surface area contributed by atoms with Crippen molar-refractivity contribution in [2.75, 3.05) is 10.6 Å². The molecule has 0 amide bonds. The molecule has 8 nitrogen and oxygen atoms in total. The monoisotopic (exact) mass is 594 g/mol. The maximum absolute atomic E-state index is 13.8. The van der Waals surface area contributed by atoms with Crippen LogP contribution in [-0.2, 0) is 6.54 Å². The number of fused-ring (bicyclic) bond motifs is 1. The average molecular weight is 595 g/mol. The summed E-state index contributed by atoms with van der Waals surface area (Å²) >= 11 is 12.6. The van der Waals surface area contributed by atoms with Crippen molar-refractivity contribution >= 4 is 51.2 Å². The number of aromatic nitrogens is 5. The molecule has 0 spiro atoms. The topological polar surface area (TPSA) is 104 Å². The lowest BCUT2D eigenvalue weighted by Crippen LogP contribution is -2.14. The van der Waals surface area contributed by atoms with E-state index >= 15 is 0 Å². The molecule has 3 aromatic heterocycles. The van der Waals surface area contributed by atoms with Gasteiger partial charge in [0.25, 0.3) is 0 Å². The zero-order chi connectivity index (χ0) is 29.1. The third-order valence-electron chi connectivity index (χ3n) is 6.58. The van der Waals surface area contributed by atoms with Crippen LogP contribution in [0.25, 0.3) is 10.9 Å². The molecule has 11 heteroatoms. The Hall–Kier alpha value is -5.04. The Morgan fingerprint density at radius 1 is 0.976 bits per heavy atom. The van der Waals surface area contributed by atoms with Crippen LogP contribution >= 0.6 is 23.2 Å². The van der Waals surface area contributed by atoms with Gasteiger partial charge >= 0.3 is 0 Å². The van der Waals surface area contributed by atoms with Crippen LogP contribution in [-0.4, -0.2) is 25.0 Å². The summed E-state index contributed by atoms with van der Waals surface area (Å²) in [4.78, 5) is 8.99. The van der Waals surface area contributed by atoms with Gasteiger partial charge in [-0.1, -0.05) is 64.8 Å². The Morgan fingerprint density at radius 2 is 1.81 bits per heavy atom. The van der Waals surface area contributed by atoms with Crippen molar-refractivity contribution in [3.8, 4) is 6.07 Å². The van der Waals surface area contributed by atoms with Gasteiger partial charge in [0.2, 0.25) is 0 Å². The summed E-state index contributed by atoms with van der Waals surface area (Å²) in [6, 6.07) is 25.1. The lowest BCUT2D eigenvalue weighted by Gasteiger charge is -2.21. The molecule has 206 valence electrons. The number of hydrogen-bond acceptors (Lipinski definition) is 7. The summed E-state index contributed by atoms with van der Waals surface area (Å²) in [5, 5.41) is 26.4. The maximum Gasteiger partial charge on any atom is 0.141 e. The average Bonchev–Trinajstić information content (AvgIpc) is 3.47. The molecular weight excluding hydrogens is 574 g/mol. The van der Waals surface area contributed by atoms with Gasteiger partial charge in [-0.3, -0.25) is 9.97 Å². The summed E-state index contributed by atoms with van der Waals surface area (Å²) in [5.74, 6) is -0.541. The number of nitrogens with one attached hydrogen (secondary N) is 2. The molecule has 0 fully saturated rings. The molecule has 2 N–H and O–H groups in total. The summed E-state index contributed by atoms with van der Waals surface area (Å²) in [7, 11) is 0. The second kappa shape index (κ2) is 11.8. The Balaban J connectivity index is 1.42. The van der Waals surface area contributed by atoms with Crippen LogP contribution in [0, 0.1) is 17.1 Å². The smallest absolute Gasteiger partial charge is 0.141 e. The minimum Gasteiger partial charge on any atom is -0.371 e. The fourth-order valence-corrected chi connectivity index (χ4v) is 5.02. The van der Waals surface area contributed by atoms with Gasteiger partial charge in [-0.25, -0.2) is 9.07 Å². The standard InChI is InChI=1S/C31H21Cl2FN8/c32-21-12-24-29(38-22-9-10-26(34)25(33)14-22)20(15-35)16-37-31(24)27(13-21)39-30(19-6-2-1-3-7-19)28-18-42(41-40-28)17-23-8-4-5-11-36-23/h1-14,16,18,30,39H,17H2,(H,37,38)/t30-/m0/s1. The molecule has 0 saturated carbocycles. The van der Waals surface area contributed by atoms with E-state index in [1.807, 2.05) is 54.7 Å². The highest BCUT2D eigenvalue weighted by Gasteiger charge is 2.21. The summed E-state index contributed by atoms with van der Waals surface area (Å²) in [6.45, 7) is 0.469. The van der Waals surface area contributed by atoms with E-state index in [1.54, 1.807) is 23.0 Å². The van der Waals surface area contributed by atoms with Gasteiger partial charge in [0.15, 0.2) is 0 Å². The normalized spacial score (nSPS) is 11.7. The van der Waals surface area contributed by atoms with Gasteiger partial charge in [0.1, 0.15) is 17.6 Å². The van der Waals surface area contributed by atoms with Crippen LogP contribution in [0.4, 0.5) is 21.5 Å². The first-order valence-corrected chi connectivity index (χ1v) is 13.6. The molecule has 42 heavy (non-hydrogen) atoms. The van der Waals surface area contributed by atoms with Gasteiger partial charge in [-0.05, 0) is 48.0 Å². The number of anilines is 3. The fourth-order valence-electron chi connectivity index (χ4n) is 4.62. The molecular formula is C31H21Cl2FN8. The van der Waals surface area contributed by atoms with Crippen LogP contribution in [0.2, 0.25) is 10.0 Å².